The van der Waals surface area contributed by atoms with Gasteiger partial charge in [-0.1, -0.05) is 18.2 Å². The summed E-state index contributed by atoms with van der Waals surface area (Å²) >= 11 is 11.8. The highest BCUT2D eigenvalue weighted by Crippen LogP contribution is 2.31. The number of fused-ring (bicyclic) bond motifs is 3. The summed E-state index contributed by atoms with van der Waals surface area (Å²) in [7, 11) is 0. The molecule has 2 heterocycles. The van der Waals surface area contributed by atoms with Gasteiger partial charge in [0.25, 0.3) is 0 Å². The van der Waals surface area contributed by atoms with Crippen LogP contribution in [0, 0.1) is 11.3 Å². The molecule has 2 aromatic heterocycles. The first-order chi connectivity index (χ1) is 11.2. The van der Waals surface area contributed by atoms with E-state index in [2.05, 4.69) is 21.0 Å². The molecule has 0 aliphatic rings. The average Bonchev–Trinajstić information content (AvgIpc) is 2.87. The molecule has 23 heavy (non-hydrogen) atoms. The fourth-order valence-corrected chi connectivity index (χ4v) is 3.03. The summed E-state index contributed by atoms with van der Waals surface area (Å²) in [5.74, 6) is 0.339. The molecular formula is C16H7Cl2N5. The molecule has 0 saturated heterocycles. The molecule has 4 aromatic rings. The Balaban J connectivity index is 2.18. The number of benzene rings is 2. The highest BCUT2D eigenvalue weighted by molar-refractivity contribution is 6.31. The van der Waals surface area contributed by atoms with Crippen LogP contribution in [0.5, 0.6) is 0 Å². The molecule has 2 aromatic carbocycles. The van der Waals surface area contributed by atoms with E-state index in [0.717, 1.165) is 21.8 Å². The molecule has 0 bridgehead atoms. The quantitative estimate of drug-likeness (QED) is 0.522. The molecule has 0 fully saturated rings. The van der Waals surface area contributed by atoms with Gasteiger partial charge in [0.15, 0.2) is 0 Å². The lowest BCUT2D eigenvalue weighted by atomic mass is 10.1. The molecule has 0 atom stereocenters. The van der Waals surface area contributed by atoms with Crippen LogP contribution < -0.4 is 0 Å². The van der Waals surface area contributed by atoms with E-state index in [1.807, 2.05) is 41.0 Å². The zero-order chi connectivity index (χ0) is 16.0. The van der Waals surface area contributed by atoms with Gasteiger partial charge in [-0.05, 0) is 47.5 Å². The van der Waals surface area contributed by atoms with Crippen molar-refractivity contribution in [2.75, 3.05) is 0 Å². The third kappa shape index (κ3) is 2.20. The number of hydrogen-bond donors (Lipinski definition) is 0. The standard InChI is InChI=1S/C16H7Cl2N5/c17-14-20-15(18)22-16(21-14)23-12-4-2-1-3-10(12)11-7-9(8-19)5-6-13(11)23/h1-7H. The Kier molecular flexibility index (Phi) is 3.15. The predicted molar refractivity (Wildman–Crippen MR) is 88.9 cm³/mol. The number of nitrogens with zero attached hydrogens (tertiary/aromatic N) is 5. The Morgan fingerprint density at radius 3 is 2.30 bits per heavy atom. The Labute approximate surface area is 140 Å². The van der Waals surface area contributed by atoms with Gasteiger partial charge >= 0.3 is 0 Å². The zero-order valence-corrected chi connectivity index (χ0v) is 13.0. The molecule has 7 heteroatoms. The largest absolute Gasteiger partial charge is 0.278 e. The second kappa shape index (κ2) is 5.20. The van der Waals surface area contributed by atoms with Crippen LogP contribution in [0.25, 0.3) is 27.8 Å². The van der Waals surface area contributed by atoms with Gasteiger partial charge < -0.3 is 0 Å². The van der Waals surface area contributed by atoms with E-state index in [-0.39, 0.29) is 10.6 Å². The van der Waals surface area contributed by atoms with E-state index in [1.165, 1.54) is 0 Å². The number of hydrogen-bond acceptors (Lipinski definition) is 4. The Morgan fingerprint density at radius 1 is 0.870 bits per heavy atom. The third-order valence-electron chi connectivity index (χ3n) is 3.57. The molecule has 0 amide bonds. The van der Waals surface area contributed by atoms with Crippen molar-refractivity contribution in [1.29, 1.82) is 5.26 Å². The van der Waals surface area contributed by atoms with Crippen molar-refractivity contribution in [3.05, 3.63) is 58.6 Å². The van der Waals surface area contributed by atoms with E-state index >= 15 is 0 Å². The summed E-state index contributed by atoms with van der Waals surface area (Å²) in [6.07, 6.45) is 0. The first-order valence-corrected chi connectivity index (χ1v) is 7.44. The maximum atomic E-state index is 9.14. The second-order valence-electron chi connectivity index (χ2n) is 4.87. The van der Waals surface area contributed by atoms with Crippen LogP contribution in [0.3, 0.4) is 0 Å². The molecular weight excluding hydrogens is 333 g/mol. The van der Waals surface area contributed by atoms with Crippen LogP contribution in [-0.4, -0.2) is 19.5 Å². The molecule has 0 saturated carbocycles. The van der Waals surface area contributed by atoms with Crippen molar-refractivity contribution in [3.63, 3.8) is 0 Å². The summed E-state index contributed by atoms with van der Waals surface area (Å²) in [5.41, 5.74) is 2.35. The Hall–Kier alpha value is -2.68. The first kappa shape index (κ1) is 13.9. The minimum absolute atomic E-state index is 0.0274. The predicted octanol–water partition coefficient (Wildman–Crippen LogP) is 4.15. The van der Waals surface area contributed by atoms with Gasteiger partial charge in [-0.15, -0.1) is 0 Å². The third-order valence-corrected chi connectivity index (χ3v) is 3.91. The van der Waals surface area contributed by atoms with Crippen molar-refractivity contribution in [3.8, 4) is 12.0 Å². The second-order valence-corrected chi connectivity index (χ2v) is 5.55. The summed E-state index contributed by atoms with van der Waals surface area (Å²) < 4.78 is 1.85. The van der Waals surface area contributed by atoms with E-state index in [4.69, 9.17) is 28.5 Å². The summed E-state index contributed by atoms with van der Waals surface area (Å²) in [5, 5.41) is 11.1. The molecule has 5 nitrogen and oxygen atoms in total. The van der Waals surface area contributed by atoms with Gasteiger partial charge in [0, 0.05) is 10.8 Å². The van der Waals surface area contributed by atoms with Gasteiger partial charge in [0.05, 0.1) is 22.7 Å². The lowest BCUT2D eigenvalue weighted by molar-refractivity contribution is 0.941. The fraction of sp³-hybridized carbons (Fsp3) is 0. The first-order valence-electron chi connectivity index (χ1n) is 6.68. The summed E-state index contributed by atoms with van der Waals surface area (Å²) in [4.78, 5) is 12.1. The molecule has 4 rings (SSSR count). The SMILES string of the molecule is N#Cc1ccc2c(c1)c1ccccc1n2-c1nc(Cl)nc(Cl)n1. The van der Waals surface area contributed by atoms with Crippen molar-refractivity contribution >= 4 is 45.0 Å². The minimum Gasteiger partial charge on any atom is -0.278 e. The average molecular weight is 340 g/mol. The molecule has 0 N–H and O–H groups in total. The summed E-state index contributed by atoms with van der Waals surface area (Å²) in [6.45, 7) is 0. The number of halogens is 2. The monoisotopic (exact) mass is 339 g/mol. The zero-order valence-electron chi connectivity index (χ0n) is 11.5. The van der Waals surface area contributed by atoms with Gasteiger partial charge in [-0.25, -0.2) is 0 Å². The normalized spacial score (nSPS) is 11.0. The van der Waals surface area contributed by atoms with E-state index in [9.17, 15) is 0 Å². The molecule has 0 radical (unpaired) electrons. The van der Waals surface area contributed by atoms with Gasteiger partial charge in [0.1, 0.15) is 0 Å². The van der Waals surface area contributed by atoms with Crippen molar-refractivity contribution in [1.82, 2.24) is 19.5 Å². The van der Waals surface area contributed by atoms with Gasteiger partial charge in [-0.3, -0.25) is 4.57 Å². The van der Waals surface area contributed by atoms with Crippen molar-refractivity contribution in [2.24, 2.45) is 0 Å². The van der Waals surface area contributed by atoms with E-state index in [1.54, 1.807) is 6.07 Å². The molecule has 0 spiro atoms. The summed E-state index contributed by atoms with van der Waals surface area (Å²) in [6, 6.07) is 15.4. The van der Waals surface area contributed by atoms with Crippen LogP contribution in [0.4, 0.5) is 0 Å². The maximum absolute atomic E-state index is 9.14. The number of para-hydroxylation sites is 1. The highest BCUT2D eigenvalue weighted by atomic mass is 35.5. The topological polar surface area (TPSA) is 67.4 Å². The number of rotatable bonds is 1. The van der Waals surface area contributed by atoms with Crippen molar-refractivity contribution in [2.45, 2.75) is 0 Å². The smallest absolute Gasteiger partial charge is 0.240 e. The van der Waals surface area contributed by atoms with Crippen LogP contribution in [0.15, 0.2) is 42.5 Å². The highest BCUT2D eigenvalue weighted by Gasteiger charge is 2.15. The maximum Gasteiger partial charge on any atom is 0.240 e. The van der Waals surface area contributed by atoms with Crippen LogP contribution in [-0.2, 0) is 0 Å². The lowest BCUT2D eigenvalue weighted by Crippen LogP contribution is -2.03. The molecule has 0 aliphatic heterocycles. The van der Waals surface area contributed by atoms with Crippen LogP contribution >= 0.6 is 23.2 Å². The van der Waals surface area contributed by atoms with Crippen LogP contribution in [0.1, 0.15) is 5.56 Å². The Morgan fingerprint density at radius 2 is 1.57 bits per heavy atom. The fourth-order valence-electron chi connectivity index (χ4n) is 2.67. The molecule has 110 valence electrons. The van der Waals surface area contributed by atoms with Gasteiger partial charge in [-0.2, -0.15) is 20.2 Å². The van der Waals surface area contributed by atoms with Gasteiger partial charge in [0.2, 0.25) is 16.5 Å². The number of aromatic nitrogens is 4. The molecule has 0 aliphatic carbocycles. The minimum atomic E-state index is 0.0274. The van der Waals surface area contributed by atoms with E-state index < -0.39 is 0 Å². The van der Waals surface area contributed by atoms with E-state index in [0.29, 0.717) is 11.5 Å². The lowest BCUT2D eigenvalue weighted by Gasteiger charge is -2.05. The molecule has 0 unspecified atom stereocenters. The van der Waals surface area contributed by atoms with Crippen molar-refractivity contribution < 1.29 is 0 Å². The van der Waals surface area contributed by atoms with Crippen LogP contribution in [0.2, 0.25) is 10.6 Å². The number of nitriles is 1. The Bertz CT molecular complexity index is 1090.